The minimum atomic E-state index is -0.0815. The van der Waals surface area contributed by atoms with E-state index in [4.69, 9.17) is 0 Å². The van der Waals surface area contributed by atoms with E-state index in [9.17, 15) is 4.79 Å². The number of hydrogen-bond donors (Lipinski definition) is 1. The second-order valence-electron chi connectivity index (χ2n) is 6.90. The van der Waals surface area contributed by atoms with Crippen molar-refractivity contribution >= 4 is 11.6 Å². The molecule has 1 saturated heterocycles. The van der Waals surface area contributed by atoms with Gasteiger partial charge in [-0.05, 0) is 31.4 Å². The SMILES string of the molecule is Cc1cc2nccc(C(=O)NC3CCN(Cc4ccccc4)CC3)n2n1. The van der Waals surface area contributed by atoms with E-state index < -0.39 is 0 Å². The van der Waals surface area contributed by atoms with E-state index in [1.807, 2.05) is 19.1 Å². The van der Waals surface area contributed by atoms with Crippen LogP contribution in [0.25, 0.3) is 5.65 Å². The number of benzene rings is 1. The lowest BCUT2D eigenvalue weighted by molar-refractivity contribution is 0.0901. The molecule has 6 heteroatoms. The van der Waals surface area contributed by atoms with E-state index in [0.717, 1.165) is 38.2 Å². The summed E-state index contributed by atoms with van der Waals surface area (Å²) in [6.45, 7) is 4.86. The van der Waals surface area contributed by atoms with Gasteiger partial charge in [-0.15, -0.1) is 0 Å². The van der Waals surface area contributed by atoms with E-state index in [0.29, 0.717) is 11.3 Å². The van der Waals surface area contributed by atoms with Crippen LogP contribution in [0.2, 0.25) is 0 Å². The molecule has 134 valence electrons. The first-order valence-corrected chi connectivity index (χ1v) is 9.07. The summed E-state index contributed by atoms with van der Waals surface area (Å²) in [7, 11) is 0. The number of fused-ring (bicyclic) bond motifs is 1. The number of likely N-dealkylation sites (tertiary alicyclic amines) is 1. The summed E-state index contributed by atoms with van der Waals surface area (Å²) in [6, 6.07) is 14.3. The topological polar surface area (TPSA) is 62.5 Å². The molecule has 0 unspecified atom stereocenters. The van der Waals surface area contributed by atoms with Gasteiger partial charge in [0.2, 0.25) is 0 Å². The molecule has 0 saturated carbocycles. The van der Waals surface area contributed by atoms with Gasteiger partial charge in [-0.1, -0.05) is 30.3 Å². The molecule has 0 spiro atoms. The van der Waals surface area contributed by atoms with E-state index in [2.05, 4.69) is 44.6 Å². The zero-order valence-electron chi connectivity index (χ0n) is 14.9. The molecule has 6 nitrogen and oxygen atoms in total. The molecule has 1 aliphatic heterocycles. The van der Waals surface area contributed by atoms with Crippen molar-refractivity contribution in [2.24, 2.45) is 0 Å². The van der Waals surface area contributed by atoms with E-state index >= 15 is 0 Å². The van der Waals surface area contributed by atoms with Gasteiger partial charge in [0.25, 0.3) is 5.91 Å². The Morgan fingerprint density at radius 2 is 1.96 bits per heavy atom. The first-order valence-electron chi connectivity index (χ1n) is 9.07. The molecule has 3 heterocycles. The Hall–Kier alpha value is -2.73. The third-order valence-electron chi connectivity index (χ3n) is 4.88. The number of carbonyl (C=O) groups is 1. The Kier molecular flexibility index (Phi) is 4.67. The molecule has 3 aromatic rings. The van der Waals surface area contributed by atoms with Crippen LogP contribution in [0, 0.1) is 6.92 Å². The van der Waals surface area contributed by atoms with Crippen molar-refractivity contribution in [2.75, 3.05) is 13.1 Å². The second-order valence-corrected chi connectivity index (χ2v) is 6.90. The predicted octanol–water partition coefficient (Wildman–Crippen LogP) is 2.43. The molecule has 26 heavy (non-hydrogen) atoms. The number of rotatable bonds is 4. The van der Waals surface area contributed by atoms with Gasteiger partial charge < -0.3 is 5.32 Å². The minimum Gasteiger partial charge on any atom is -0.348 e. The average Bonchev–Trinajstić information content (AvgIpc) is 3.04. The third-order valence-corrected chi connectivity index (χ3v) is 4.88. The van der Waals surface area contributed by atoms with Crippen molar-refractivity contribution in [3.05, 3.63) is 65.6 Å². The van der Waals surface area contributed by atoms with Gasteiger partial charge >= 0.3 is 0 Å². The maximum atomic E-state index is 12.7. The molecule has 0 aliphatic carbocycles. The lowest BCUT2D eigenvalue weighted by atomic mass is 10.0. The first kappa shape index (κ1) is 16.7. The maximum absolute atomic E-state index is 12.7. The third kappa shape index (κ3) is 3.60. The minimum absolute atomic E-state index is 0.0815. The lowest BCUT2D eigenvalue weighted by Crippen LogP contribution is -2.44. The van der Waals surface area contributed by atoms with Crippen molar-refractivity contribution < 1.29 is 4.79 Å². The highest BCUT2D eigenvalue weighted by Gasteiger charge is 2.22. The molecule has 0 bridgehead atoms. The highest BCUT2D eigenvalue weighted by atomic mass is 16.2. The largest absolute Gasteiger partial charge is 0.348 e. The average molecular weight is 349 g/mol. The smallest absolute Gasteiger partial charge is 0.270 e. The number of aryl methyl sites for hydroxylation is 1. The molecule has 2 aromatic heterocycles. The van der Waals surface area contributed by atoms with E-state index in [-0.39, 0.29) is 11.9 Å². The first-order chi connectivity index (χ1) is 12.7. The number of carbonyl (C=O) groups excluding carboxylic acids is 1. The normalized spacial score (nSPS) is 16.0. The number of amides is 1. The van der Waals surface area contributed by atoms with Gasteiger partial charge in [-0.25, -0.2) is 9.50 Å². The van der Waals surface area contributed by atoms with Crippen LogP contribution in [0.4, 0.5) is 0 Å². The Labute approximate surface area is 152 Å². The van der Waals surface area contributed by atoms with Crippen LogP contribution in [0.1, 0.15) is 34.6 Å². The van der Waals surface area contributed by atoms with Crippen molar-refractivity contribution in [3.8, 4) is 0 Å². The zero-order valence-corrected chi connectivity index (χ0v) is 14.9. The van der Waals surface area contributed by atoms with Gasteiger partial charge in [0, 0.05) is 37.9 Å². The zero-order chi connectivity index (χ0) is 17.9. The summed E-state index contributed by atoms with van der Waals surface area (Å²) in [4.78, 5) is 19.4. The summed E-state index contributed by atoms with van der Waals surface area (Å²) in [5.74, 6) is -0.0815. The Morgan fingerprint density at radius 1 is 1.19 bits per heavy atom. The Bertz CT molecular complexity index is 897. The molecular weight excluding hydrogens is 326 g/mol. The van der Waals surface area contributed by atoms with Crippen LogP contribution in [0.5, 0.6) is 0 Å². The van der Waals surface area contributed by atoms with Crippen molar-refractivity contribution in [3.63, 3.8) is 0 Å². The fraction of sp³-hybridized carbons (Fsp3) is 0.350. The Balaban J connectivity index is 1.36. The fourth-order valence-corrected chi connectivity index (χ4v) is 3.52. The monoisotopic (exact) mass is 349 g/mol. The molecule has 1 N–H and O–H groups in total. The quantitative estimate of drug-likeness (QED) is 0.786. The van der Waals surface area contributed by atoms with Crippen LogP contribution in [0.15, 0.2) is 48.7 Å². The summed E-state index contributed by atoms with van der Waals surface area (Å²) in [6.07, 6.45) is 3.59. The van der Waals surface area contributed by atoms with Crippen LogP contribution in [-0.2, 0) is 6.54 Å². The van der Waals surface area contributed by atoms with Crippen LogP contribution >= 0.6 is 0 Å². The van der Waals surface area contributed by atoms with Crippen LogP contribution < -0.4 is 5.32 Å². The summed E-state index contributed by atoms with van der Waals surface area (Å²) >= 11 is 0. The predicted molar refractivity (Wildman–Crippen MR) is 99.9 cm³/mol. The Morgan fingerprint density at radius 3 is 2.73 bits per heavy atom. The summed E-state index contributed by atoms with van der Waals surface area (Å²) < 4.78 is 1.62. The molecule has 1 aromatic carbocycles. The summed E-state index contributed by atoms with van der Waals surface area (Å²) in [5, 5.41) is 7.54. The molecule has 0 radical (unpaired) electrons. The van der Waals surface area contributed by atoms with Gasteiger partial charge in [0.1, 0.15) is 5.69 Å². The molecule has 1 amide bonds. The highest BCUT2D eigenvalue weighted by molar-refractivity contribution is 5.93. The van der Waals surface area contributed by atoms with Gasteiger partial charge in [0.15, 0.2) is 5.65 Å². The van der Waals surface area contributed by atoms with Crippen molar-refractivity contribution in [2.45, 2.75) is 32.4 Å². The maximum Gasteiger partial charge on any atom is 0.270 e. The van der Waals surface area contributed by atoms with Crippen LogP contribution in [-0.4, -0.2) is 44.5 Å². The highest BCUT2D eigenvalue weighted by Crippen LogP contribution is 2.15. The van der Waals surface area contributed by atoms with E-state index in [1.54, 1.807) is 16.8 Å². The van der Waals surface area contributed by atoms with Crippen LogP contribution in [0.3, 0.4) is 0 Å². The second kappa shape index (κ2) is 7.25. The van der Waals surface area contributed by atoms with Gasteiger partial charge in [-0.2, -0.15) is 5.10 Å². The lowest BCUT2D eigenvalue weighted by Gasteiger charge is -2.32. The van der Waals surface area contributed by atoms with Gasteiger partial charge in [-0.3, -0.25) is 9.69 Å². The number of piperidine rings is 1. The van der Waals surface area contributed by atoms with E-state index in [1.165, 1.54) is 5.56 Å². The van der Waals surface area contributed by atoms with Crippen molar-refractivity contribution in [1.82, 2.24) is 24.8 Å². The number of nitrogens with one attached hydrogen (secondary N) is 1. The standard InChI is InChI=1S/C20H23N5O/c1-15-13-19-21-10-7-18(25(19)23-15)20(26)22-17-8-11-24(12-9-17)14-16-5-3-2-4-6-16/h2-7,10,13,17H,8-9,11-12,14H2,1H3,(H,22,26). The molecule has 1 aliphatic rings. The summed E-state index contributed by atoms with van der Waals surface area (Å²) in [5.41, 5.74) is 3.43. The fourth-order valence-electron chi connectivity index (χ4n) is 3.52. The molecule has 4 rings (SSSR count). The van der Waals surface area contributed by atoms with Gasteiger partial charge in [0.05, 0.1) is 5.69 Å². The van der Waals surface area contributed by atoms with Crippen molar-refractivity contribution in [1.29, 1.82) is 0 Å². The number of nitrogens with zero attached hydrogens (tertiary/aromatic N) is 4. The number of aromatic nitrogens is 3. The molecule has 1 fully saturated rings. The molecule has 0 atom stereocenters. The molecular formula is C20H23N5O. The number of hydrogen-bond acceptors (Lipinski definition) is 4.